The summed E-state index contributed by atoms with van der Waals surface area (Å²) in [5.41, 5.74) is -0.817. The number of nitro benzene ring substituents is 1. The quantitative estimate of drug-likeness (QED) is 0.221. The SMILES string of the molecule is Cc1occc1C(=O)/C(C#N)=C/c1cc(O)c(O)c([N+](=O)[O-])c1. The largest absolute Gasteiger partial charge is 0.504 e. The van der Waals surface area contributed by atoms with Gasteiger partial charge in [0, 0.05) is 6.07 Å². The maximum atomic E-state index is 12.2. The summed E-state index contributed by atoms with van der Waals surface area (Å²) >= 11 is 0. The van der Waals surface area contributed by atoms with Crippen LogP contribution < -0.4 is 0 Å². The molecule has 23 heavy (non-hydrogen) atoms. The van der Waals surface area contributed by atoms with Crippen LogP contribution in [-0.4, -0.2) is 20.9 Å². The number of Topliss-reactive ketones (excluding diaryl/α,β-unsaturated/α-hetero) is 1. The van der Waals surface area contributed by atoms with Crippen LogP contribution in [0.15, 0.2) is 34.5 Å². The van der Waals surface area contributed by atoms with Crippen LogP contribution in [0.3, 0.4) is 0 Å². The smallest absolute Gasteiger partial charge is 0.315 e. The molecule has 0 amide bonds. The first-order chi connectivity index (χ1) is 10.8. The van der Waals surface area contributed by atoms with E-state index in [2.05, 4.69) is 0 Å². The number of nitro groups is 1. The Morgan fingerprint density at radius 3 is 2.65 bits per heavy atom. The van der Waals surface area contributed by atoms with Gasteiger partial charge in [-0.25, -0.2) is 0 Å². The van der Waals surface area contributed by atoms with E-state index in [1.54, 1.807) is 13.0 Å². The normalized spacial score (nSPS) is 11.0. The number of nitrogens with zero attached hydrogens (tertiary/aromatic N) is 2. The molecule has 0 saturated carbocycles. The van der Waals surface area contributed by atoms with Crippen LogP contribution in [0.1, 0.15) is 21.7 Å². The number of rotatable bonds is 4. The third-order valence-corrected chi connectivity index (χ3v) is 3.07. The monoisotopic (exact) mass is 314 g/mol. The van der Waals surface area contributed by atoms with Crippen molar-refractivity contribution in [3.05, 3.63) is 57.0 Å². The number of ketones is 1. The Bertz CT molecular complexity index is 873. The van der Waals surface area contributed by atoms with Gasteiger partial charge in [-0.05, 0) is 30.7 Å². The van der Waals surface area contributed by atoms with Crippen LogP contribution >= 0.6 is 0 Å². The maximum Gasteiger partial charge on any atom is 0.315 e. The lowest BCUT2D eigenvalue weighted by molar-refractivity contribution is -0.386. The number of carbonyl (C=O) groups is 1. The van der Waals surface area contributed by atoms with Crippen molar-refractivity contribution < 1.29 is 24.3 Å². The third-order valence-electron chi connectivity index (χ3n) is 3.07. The van der Waals surface area contributed by atoms with Crippen molar-refractivity contribution in [1.82, 2.24) is 0 Å². The van der Waals surface area contributed by atoms with Crippen molar-refractivity contribution in [3.63, 3.8) is 0 Å². The van der Waals surface area contributed by atoms with Gasteiger partial charge in [-0.1, -0.05) is 0 Å². The fraction of sp³-hybridized carbons (Fsp3) is 0.0667. The van der Waals surface area contributed by atoms with E-state index in [9.17, 15) is 25.1 Å². The van der Waals surface area contributed by atoms with Gasteiger partial charge in [0.1, 0.15) is 17.4 Å². The molecule has 0 unspecified atom stereocenters. The number of hydrogen-bond acceptors (Lipinski definition) is 7. The van der Waals surface area contributed by atoms with E-state index in [4.69, 9.17) is 9.68 Å². The molecule has 0 spiro atoms. The number of allylic oxidation sites excluding steroid dienone is 1. The van der Waals surface area contributed by atoms with Gasteiger partial charge in [0.05, 0.1) is 16.7 Å². The van der Waals surface area contributed by atoms with E-state index in [-0.39, 0.29) is 16.7 Å². The Kier molecular flexibility index (Phi) is 4.14. The summed E-state index contributed by atoms with van der Waals surface area (Å²) in [7, 11) is 0. The van der Waals surface area contributed by atoms with E-state index in [0.29, 0.717) is 5.76 Å². The zero-order chi connectivity index (χ0) is 17.1. The second-order valence-corrected chi connectivity index (χ2v) is 4.55. The van der Waals surface area contributed by atoms with E-state index in [1.165, 1.54) is 12.3 Å². The van der Waals surface area contributed by atoms with Crippen molar-refractivity contribution in [2.75, 3.05) is 0 Å². The summed E-state index contributed by atoms with van der Waals surface area (Å²) < 4.78 is 5.00. The van der Waals surface area contributed by atoms with Gasteiger partial charge in [-0.2, -0.15) is 5.26 Å². The van der Waals surface area contributed by atoms with Gasteiger partial charge in [-0.15, -0.1) is 0 Å². The molecule has 2 aromatic rings. The highest BCUT2D eigenvalue weighted by molar-refractivity contribution is 6.14. The van der Waals surface area contributed by atoms with Gasteiger partial charge < -0.3 is 14.6 Å². The number of aromatic hydroxyl groups is 2. The van der Waals surface area contributed by atoms with E-state index in [0.717, 1.165) is 18.2 Å². The maximum absolute atomic E-state index is 12.2. The summed E-state index contributed by atoms with van der Waals surface area (Å²) in [5, 5.41) is 38.9. The van der Waals surface area contributed by atoms with Gasteiger partial charge in [0.25, 0.3) is 0 Å². The van der Waals surface area contributed by atoms with Crippen LogP contribution in [0, 0.1) is 28.4 Å². The molecule has 0 aliphatic rings. The molecule has 2 N–H and O–H groups in total. The highest BCUT2D eigenvalue weighted by Crippen LogP contribution is 2.36. The number of aryl methyl sites for hydroxylation is 1. The Labute approximate surface area is 129 Å². The molecule has 1 heterocycles. The highest BCUT2D eigenvalue weighted by atomic mass is 16.6. The first-order valence-corrected chi connectivity index (χ1v) is 6.26. The van der Waals surface area contributed by atoms with Crippen LogP contribution in [-0.2, 0) is 0 Å². The number of phenolic OH excluding ortho intramolecular Hbond substituents is 2. The zero-order valence-corrected chi connectivity index (χ0v) is 11.8. The van der Waals surface area contributed by atoms with Gasteiger partial charge in [0.15, 0.2) is 5.75 Å². The van der Waals surface area contributed by atoms with Crippen molar-refractivity contribution in [2.24, 2.45) is 0 Å². The number of carbonyl (C=O) groups excluding carboxylic acids is 1. The number of benzene rings is 1. The zero-order valence-electron chi connectivity index (χ0n) is 11.8. The van der Waals surface area contributed by atoms with Crippen LogP contribution in [0.2, 0.25) is 0 Å². The van der Waals surface area contributed by atoms with Gasteiger partial charge in [0.2, 0.25) is 11.5 Å². The molecule has 0 atom stereocenters. The fourth-order valence-electron chi connectivity index (χ4n) is 1.93. The first kappa shape index (κ1) is 15.8. The van der Waals surface area contributed by atoms with E-state index >= 15 is 0 Å². The molecule has 8 nitrogen and oxygen atoms in total. The lowest BCUT2D eigenvalue weighted by atomic mass is 10.0. The second kappa shape index (κ2) is 6.03. The summed E-state index contributed by atoms with van der Waals surface area (Å²) in [6, 6.07) is 5.06. The Morgan fingerprint density at radius 2 is 2.13 bits per heavy atom. The molecule has 116 valence electrons. The molecular formula is C15H10N2O6. The summed E-state index contributed by atoms with van der Waals surface area (Å²) in [5.74, 6) is -1.90. The van der Waals surface area contributed by atoms with Crippen molar-refractivity contribution in [1.29, 1.82) is 5.26 Å². The molecule has 2 rings (SSSR count). The average Bonchev–Trinajstić information content (AvgIpc) is 2.93. The van der Waals surface area contributed by atoms with Crippen molar-refractivity contribution in [2.45, 2.75) is 6.92 Å². The van der Waals surface area contributed by atoms with Crippen LogP contribution in [0.4, 0.5) is 5.69 Å². The summed E-state index contributed by atoms with van der Waals surface area (Å²) in [6.45, 7) is 1.56. The minimum atomic E-state index is -0.888. The van der Waals surface area contributed by atoms with Crippen molar-refractivity contribution in [3.8, 4) is 17.6 Å². The molecular weight excluding hydrogens is 304 g/mol. The van der Waals surface area contributed by atoms with Gasteiger partial charge >= 0.3 is 5.69 Å². The minimum Gasteiger partial charge on any atom is -0.504 e. The lowest BCUT2D eigenvalue weighted by Crippen LogP contribution is -2.02. The molecule has 1 aromatic carbocycles. The number of furan rings is 1. The Hall–Kier alpha value is -3.60. The van der Waals surface area contributed by atoms with E-state index < -0.39 is 27.9 Å². The molecule has 0 aliphatic heterocycles. The Morgan fingerprint density at radius 1 is 1.43 bits per heavy atom. The fourth-order valence-corrected chi connectivity index (χ4v) is 1.93. The van der Waals surface area contributed by atoms with Crippen molar-refractivity contribution >= 4 is 17.5 Å². The van der Waals surface area contributed by atoms with E-state index in [1.807, 2.05) is 0 Å². The molecule has 0 fully saturated rings. The predicted octanol–water partition coefficient (Wildman–Crippen LogP) is 2.70. The minimum absolute atomic E-state index is 0.0260. The topological polar surface area (TPSA) is 138 Å². The molecule has 0 aliphatic carbocycles. The number of nitriles is 1. The lowest BCUT2D eigenvalue weighted by Gasteiger charge is -2.02. The predicted molar refractivity (Wildman–Crippen MR) is 77.8 cm³/mol. The second-order valence-electron chi connectivity index (χ2n) is 4.55. The third kappa shape index (κ3) is 3.03. The number of hydrogen-bond donors (Lipinski definition) is 2. The Balaban J connectivity index is 2.51. The van der Waals surface area contributed by atoms with Gasteiger partial charge in [-0.3, -0.25) is 14.9 Å². The standard InChI is InChI=1S/C15H10N2O6/c1-8-11(2-3-23-8)14(19)10(7-16)4-9-5-12(17(21)22)15(20)13(18)6-9/h2-6,18,20H,1H3/b10-4+. The molecule has 0 radical (unpaired) electrons. The average molecular weight is 314 g/mol. The number of phenols is 2. The molecule has 0 saturated heterocycles. The molecule has 8 heteroatoms. The van der Waals surface area contributed by atoms with Crippen LogP contribution in [0.25, 0.3) is 6.08 Å². The summed E-state index contributed by atoms with van der Waals surface area (Å²) in [6.07, 6.45) is 2.38. The molecule has 1 aromatic heterocycles. The molecule has 0 bridgehead atoms. The van der Waals surface area contributed by atoms with Crippen LogP contribution in [0.5, 0.6) is 11.5 Å². The highest BCUT2D eigenvalue weighted by Gasteiger charge is 2.20. The first-order valence-electron chi connectivity index (χ1n) is 6.26. The summed E-state index contributed by atoms with van der Waals surface area (Å²) in [4.78, 5) is 22.2.